The van der Waals surface area contributed by atoms with E-state index in [0.717, 1.165) is 5.92 Å². The molecule has 2 bridgehead atoms. The molecule has 3 fully saturated rings. The van der Waals surface area contributed by atoms with Crippen LogP contribution in [-0.4, -0.2) is 5.91 Å². The third-order valence-electron chi connectivity index (χ3n) is 3.96. The van der Waals surface area contributed by atoms with Crippen LogP contribution < -0.4 is 5.73 Å². The monoisotopic (exact) mass is 167 g/mol. The Labute approximate surface area is 73.5 Å². The molecule has 2 nitrogen and oxygen atoms in total. The maximum Gasteiger partial charge on any atom is 0.217 e. The van der Waals surface area contributed by atoms with Gasteiger partial charge in [-0.2, -0.15) is 0 Å². The fourth-order valence-electron chi connectivity index (χ4n) is 3.25. The summed E-state index contributed by atoms with van der Waals surface area (Å²) in [7, 11) is 0. The number of carbonyl (C=O) groups excluding carboxylic acids is 1. The molecule has 3 saturated carbocycles. The predicted octanol–water partition coefficient (Wildman–Crippen LogP) is 1.69. The van der Waals surface area contributed by atoms with Gasteiger partial charge in [0, 0.05) is 6.42 Å². The second kappa shape index (κ2) is 2.04. The largest absolute Gasteiger partial charge is 0.370 e. The summed E-state index contributed by atoms with van der Waals surface area (Å²) in [5.41, 5.74) is 6.16. The second-order valence-electron chi connectivity index (χ2n) is 5.19. The van der Waals surface area contributed by atoms with E-state index in [0.29, 0.717) is 17.3 Å². The molecule has 0 unspecified atom stereocenters. The quantitative estimate of drug-likeness (QED) is 0.683. The number of carbonyl (C=O) groups is 1. The molecule has 0 aromatic rings. The van der Waals surface area contributed by atoms with Gasteiger partial charge in [0.05, 0.1) is 0 Å². The van der Waals surface area contributed by atoms with Gasteiger partial charge in [-0.3, -0.25) is 4.79 Å². The number of hydrogen-bond acceptors (Lipinski definition) is 1. The van der Waals surface area contributed by atoms with Crippen molar-refractivity contribution in [3.8, 4) is 0 Å². The smallest absolute Gasteiger partial charge is 0.217 e. The van der Waals surface area contributed by atoms with Crippen LogP contribution in [0.15, 0.2) is 0 Å². The Kier molecular flexibility index (Phi) is 1.37. The van der Waals surface area contributed by atoms with Crippen molar-refractivity contribution in [2.75, 3.05) is 0 Å². The van der Waals surface area contributed by atoms with Gasteiger partial charge in [0.25, 0.3) is 0 Å². The molecule has 2 heteroatoms. The lowest BCUT2D eigenvalue weighted by molar-refractivity contribution is -0.230. The minimum Gasteiger partial charge on any atom is -0.370 e. The molecule has 12 heavy (non-hydrogen) atoms. The molecule has 0 aliphatic heterocycles. The van der Waals surface area contributed by atoms with Gasteiger partial charge in [-0.25, -0.2) is 0 Å². The summed E-state index contributed by atoms with van der Waals surface area (Å²) >= 11 is 0. The lowest BCUT2D eigenvalue weighted by Crippen LogP contribution is -2.64. The van der Waals surface area contributed by atoms with Crippen LogP contribution in [0.1, 0.15) is 39.5 Å². The normalized spacial score (nSPS) is 43.6. The number of hydrogen-bond donors (Lipinski definition) is 1. The molecule has 0 saturated heterocycles. The van der Waals surface area contributed by atoms with Crippen molar-refractivity contribution in [1.29, 1.82) is 0 Å². The summed E-state index contributed by atoms with van der Waals surface area (Å²) in [4.78, 5) is 10.7. The van der Waals surface area contributed by atoms with Crippen LogP contribution in [-0.2, 0) is 4.79 Å². The van der Waals surface area contributed by atoms with E-state index in [1.165, 1.54) is 19.3 Å². The molecule has 2 N–H and O–H groups in total. The van der Waals surface area contributed by atoms with E-state index in [1.54, 1.807) is 0 Å². The summed E-state index contributed by atoms with van der Waals surface area (Å²) in [6.45, 7) is 4.57. The van der Waals surface area contributed by atoms with Crippen molar-refractivity contribution in [3.63, 3.8) is 0 Å². The van der Waals surface area contributed by atoms with Crippen LogP contribution in [0.4, 0.5) is 0 Å². The molecule has 1 amide bonds. The third-order valence-corrected chi connectivity index (χ3v) is 3.96. The minimum atomic E-state index is -0.118. The number of nitrogens with two attached hydrogens (primary N) is 1. The van der Waals surface area contributed by atoms with E-state index >= 15 is 0 Å². The summed E-state index contributed by atoms with van der Waals surface area (Å²) in [5, 5.41) is 0. The van der Waals surface area contributed by atoms with E-state index in [2.05, 4.69) is 13.8 Å². The van der Waals surface area contributed by atoms with Crippen molar-refractivity contribution in [3.05, 3.63) is 0 Å². The van der Waals surface area contributed by atoms with E-state index < -0.39 is 0 Å². The zero-order valence-corrected chi connectivity index (χ0v) is 7.89. The maximum absolute atomic E-state index is 10.7. The Morgan fingerprint density at radius 2 is 1.92 bits per heavy atom. The summed E-state index contributed by atoms with van der Waals surface area (Å²) in [6, 6.07) is 0. The molecule has 0 aromatic carbocycles. The molecule has 3 rings (SSSR count). The highest BCUT2D eigenvalue weighted by Gasteiger charge is 2.68. The number of primary amides is 1. The van der Waals surface area contributed by atoms with Crippen LogP contribution in [0.25, 0.3) is 0 Å². The summed E-state index contributed by atoms with van der Waals surface area (Å²) < 4.78 is 0. The Bertz CT molecular complexity index is 212. The van der Waals surface area contributed by atoms with Gasteiger partial charge in [0.1, 0.15) is 0 Å². The standard InChI is InChI=1S/C10H17NO/c1-7(2)10-4-9(5-10,6-10)3-8(11)12/h7H,3-6H2,1-2H3,(H2,11,12). The molecule has 0 radical (unpaired) electrons. The van der Waals surface area contributed by atoms with E-state index in [4.69, 9.17) is 5.73 Å². The van der Waals surface area contributed by atoms with Gasteiger partial charge in [-0.15, -0.1) is 0 Å². The number of rotatable bonds is 3. The maximum atomic E-state index is 10.7. The van der Waals surface area contributed by atoms with Gasteiger partial charge >= 0.3 is 0 Å². The minimum absolute atomic E-state index is 0.118. The second-order valence-corrected chi connectivity index (χ2v) is 5.19. The SMILES string of the molecule is CC(C)C12CC(CC(N)=O)(C1)C2. The Balaban J connectivity index is 1.91. The first-order chi connectivity index (χ1) is 5.48. The summed E-state index contributed by atoms with van der Waals surface area (Å²) in [6.07, 6.45) is 4.38. The molecular weight excluding hydrogens is 150 g/mol. The molecule has 68 valence electrons. The molecule has 3 aliphatic carbocycles. The molecule has 3 aliphatic rings. The first kappa shape index (κ1) is 8.09. The highest BCUT2D eigenvalue weighted by atomic mass is 16.1. The average Bonchev–Trinajstić information content (AvgIpc) is 1.72. The van der Waals surface area contributed by atoms with E-state index in [9.17, 15) is 4.79 Å². The molecule has 0 heterocycles. The topological polar surface area (TPSA) is 43.1 Å². The highest BCUT2D eigenvalue weighted by Crippen LogP contribution is 2.77. The third kappa shape index (κ3) is 0.838. The van der Waals surface area contributed by atoms with Gasteiger partial charge in [0.2, 0.25) is 5.91 Å². The Hall–Kier alpha value is -0.530. The van der Waals surface area contributed by atoms with Crippen LogP contribution in [0.5, 0.6) is 0 Å². The van der Waals surface area contributed by atoms with Crippen LogP contribution in [0, 0.1) is 16.7 Å². The Morgan fingerprint density at radius 1 is 1.42 bits per heavy atom. The van der Waals surface area contributed by atoms with Gasteiger partial charge in [-0.05, 0) is 36.0 Å². The molecule has 0 spiro atoms. The zero-order valence-electron chi connectivity index (χ0n) is 7.89. The lowest BCUT2D eigenvalue weighted by atomic mass is 9.31. The summed E-state index contributed by atoms with van der Waals surface area (Å²) in [5.74, 6) is 0.666. The fourth-order valence-corrected chi connectivity index (χ4v) is 3.25. The van der Waals surface area contributed by atoms with Gasteiger partial charge < -0.3 is 5.73 Å². The molecule has 0 aromatic heterocycles. The van der Waals surface area contributed by atoms with Crippen LogP contribution >= 0.6 is 0 Å². The van der Waals surface area contributed by atoms with Crippen molar-refractivity contribution < 1.29 is 4.79 Å². The highest BCUT2D eigenvalue weighted by molar-refractivity contribution is 5.75. The number of amides is 1. The van der Waals surface area contributed by atoms with E-state index in [-0.39, 0.29) is 5.91 Å². The van der Waals surface area contributed by atoms with Gasteiger partial charge in [-0.1, -0.05) is 13.8 Å². The van der Waals surface area contributed by atoms with Crippen molar-refractivity contribution in [2.24, 2.45) is 22.5 Å². The predicted molar refractivity (Wildman–Crippen MR) is 47.4 cm³/mol. The van der Waals surface area contributed by atoms with Crippen LogP contribution in [0.2, 0.25) is 0 Å². The Morgan fingerprint density at radius 3 is 2.25 bits per heavy atom. The van der Waals surface area contributed by atoms with Crippen LogP contribution in [0.3, 0.4) is 0 Å². The molecular formula is C10H17NO. The zero-order chi connectivity index (χ0) is 8.98. The lowest BCUT2D eigenvalue weighted by Gasteiger charge is -2.73. The van der Waals surface area contributed by atoms with E-state index in [1.807, 2.05) is 0 Å². The fraction of sp³-hybridized carbons (Fsp3) is 0.900. The first-order valence-electron chi connectivity index (χ1n) is 4.76. The average molecular weight is 167 g/mol. The van der Waals surface area contributed by atoms with Gasteiger partial charge in [0.15, 0.2) is 0 Å². The molecule has 0 atom stereocenters. The van der Waals surface area contributed by atoms with Crippen molar-refractivity contribution in [2.45, 2.75) is 39.5 Å². The first-order valence-corrected chi connectivity index (χ1v) is 4.76. The van der Waals surface area contributed by atoms with Crippen molar-refractivity contribution in [1.82, 2.24) is 0 Å². The van der Waals surface area contributed by atoms with Crippen molar-refractivity contribution >= 4 is 5.91 Å².